The Labute approximate surface area is 111 Å². The molecule has 2 rings (SSSR count). The number of benzene rings is 1. The summed E-state index contributed by atoms with van der Waals surface area (Å²) >= 11 is 12.2. The van der Waals surface area contributed by atoms with Crippen LogP contribution in [0, 0.1) is 0 Å². The number of carbonyl (C=O) groups excluding carboxylic acids is 1. The fraction of sp³-hybridized carbons (Fsp3) is 0.462. The monoisotopic (exact) mass is 269 g/mol. The van der Waals surface area contributed by atoms with Crippen molar-refractivity contribution in [1.82, 2.24) is 0 Å². The molecule has 4 heteroatoms. The van der Waals surface area contributed by atoms with Gasteiger partial charge in [0, 0.05) is 15.5 Å². The van der Waals surface area contributed by atoms with E-state index >= 15 is 0 Å². The molecule has 0 heterocycles. The molecule has 0 radical (unpaired) electrons. The lowest BCUT2D eigenvalue weighted by molar-refractivity contribution is 0.451. The van der Waals surface area contributed by atoms with E-state index < -0.39 is 0 Å². The van der Waals surface area contributed by atoms with Crippen LogP contribution in [0.5, 0.6) is 0 Å². The molecule has 1 aliphatic carbocycles. The van der Waals surface area contributed by atoms with Gasteiger partial charge in [0.05, 0.1) is 6.54 Å². The van der Waals surface area contributed by atoms with Gasteiger partial charge in [0.15, 0.2) is 0 Å². The lowest BCUT2D eigenvalue weighted by Gasteiger charge is -2.28. The molecule has 0 bridgehead atoms. The molecule has 1 aliphatic rings. The summed E-state index contributed by atoms with van der Waals surface area (Å²) in [5, 5.41) is 1.30. The molecule has 0 spiro atoms. The van der Waals surface area contributed by atoms with E-state index in [1.807, 2.05) is 12.1 Å². The van der Waals surface area contributed by atoms with Crippen LogP contribution in [0.3, 0.4) is 0 Å². The van der Waals surface area contributed by atoms with Crippen molar-refractivity contribution in [2.24, 2.45) is 4.99 Å². The molecule has 1 saturated carbocycles. The molecular weight excluding hydrogens is 257 g/mol. The zero-order valence-corrected chi connectivity index (χ0v) is 10.9. The molecule has 0 saturated heterocycles. The molecule has 0 amide bonds. The highest BCUT2D eigenvalue weighted by atomic mass is 35.5. The zero-order valence-electron chi connectivity index (χ0n) is 9.38. The molecule has 0 aromatic heterocycles. The minimum absolute atomic E-state index is 0.0981. The number of hydrogen-bond acceptors (Lipinski definition) is 2. The average molecular weight is 270 g/mol. The molecule has 1 aromatic rings. The first-order valence-corrected chi connectivity index (χ1v) is 6.43. The van der Waals surface area contributed by atoms with Crippen LogP contribution in [-0.4, -0.2) is 12.6 Å². The predicted molar refractivity (Wildman–Crippen MR) is 69.6 cm³/mol. The second-order valence-electron chi connectivity index (χ2n) is 4.52. The normalized spacial score (nSPS) is 17.8. The summed E-state index contributed by atoms with van der Waals surface area (Å²) < 4.78 is 0. The summed E-state index contributed by atoms with van der Waals surface area (Å²) in [7, 11) is 0. The largest absolute Gasteiger partial charge is 0.234 e. The van der Waals surface area contributed by atoms with Crippen molar-refractivity contribution in [1.29, 1.82) is 0 Å². The highest BCUT2D eigenvalue weighted by molar-refractivity contribution is 6.35. The van der Waals surface area contributed by atoms with Gasteiger partial charge in [0.2, 0.25) is 6.08 Å². The van der Waals surface area contributed by atoms with E-state index in [0.717, 1.165) is 31.2 Å². The quantitative estimate of drug-likeness (QED) is 0.599. The van der Waals surface area contributed by atoms with Gasteiger partial charge in [0.1, 0.15) is 0 Å². The van der Waals surface area contributed by atoms with Gasteiger partial charge >= 0.3 is 0 Å². The maximum Gasteiger partial charge on any atom is 0.234 e. The van der Waals surface area contributed by atoms with Gasteiger partial charge in [-0.05, 0) is 30.5 Å². The summed E-state index contributed by atoms with van der Waals surface area (Å²) in [6.45, 7) is 0.470. The van der Waals surface area contributed by atoms with Crippen molar-refractivity contribution < 1.29 is 4.79 Å². The standard InChI is InChI=1S/C13H13Cl2NO/c14-10-3-4-11(12(15)7-10)13(8-16-9-17)5-1-2-6-13/h3-4,7H,1-2,5-6,8H2. The molecule has 90 valence electrons. The fourth-order valence-corrected chi connectivity index (χ4v) is 3.28. The van der Waals surface area contributed by atoms with Crippen LogP contribution >= 0.6 is 23.2 Å². The van der Waals surface area contributed by atoms with Crippen molar-refractivity contribution in [3.05, 3.63) is 33.8 Å². The molecule has 0 aliphatic heterocycles. The Morgan fingerprint density at radius 2 is 2.00 bits per heavy atom. The first-order valence-electron chi connectivity index (χ1n) is 5.67. The van der Waals surface area contributed by atoms with E-state index in [1.54, 1.807) is 12.1 Å². The lowest BCUT2D eigenvalue weighted by atomic mass is 9.79. The van der Waals surface area contributed by atoms with Crippen molar-refractivity contribution in [2.45, 2.75) is 31.1 Å². The fourth-order valence-electron chi connectivity index (χ4n) is 2.67. The van der Waals surface area contributed by atoms with Crippen molar-refractivity contribution in [3.8, 4) is 0 Å². The third kappa shape index (κ3) is 2.55. The van der Waals surface area contributed by atoms with E-state index in [0.29, 0.717) is 16.6 Å². The third-order valence-corrected chi connectivity index (χ3v) is 4.06. The molecule has 1 aromatic carbocycles. The van der Waals surface area contributed by atoms with E-state index in [9.17, 15) is 4.79 Å². The van der Waals surface area contributed by atoms with Gasteiger partial charge < -0.3 is 0 Å². The van der Waals surface area contributed by atoms with Crippen LogP contribution in [0.25, 0.3) is 0 Å². The van der Waals surface area contributed by atoms with Gasteiger partial charge in [-0.2, -0.15) is 0 Å². The highest BCUT2D eigenvalue weighted by Gasteiger charge is 2.37. The number of isocyanates is 1. The summed E-state index contributed by atoms with van der Waals surface area (Å²) in [5.41, 5.74) is 0.957. The van der Waals surface area contributed by atoms with E-state index in [-0.39, 0.29) is 5.41 Å². The van der Waals surface area contributed by atoms with Gasteiger partial charge in [-0.15, -0.1) is 0 Å². The van der Waals surface area contributed by atoms with Crippen LogP contribution in [0.1, 0.15) is 31.2 Å². The number of aliphatic imine (C=N–C) groups is 1. The summed E-state index contributed by atoms with van der Waals surface area (Å²) in [4.78, 5) is 14.1. The number of hydrogen-bond donors (Lipinski definition) is 0. The smallest absolute Gasteiger partial charge is 0.211 e. The molecule has 0 atom stereocenters. The van der Waals surface area contributed by atoms with Crippen molar-refractivity contribution in [2.75, 3.05) is 6.54 Å². The Bertz CT molecular complexity index is 460. The first-order chi connectivity index (χ1) is 8.18. The number of nitrogens with zero attached hydrogens (tertiary/aromatic N) is 1. The second-order valence-corrected chi connectivity index (χ2v) is 5.36. The van der Waals surface area contributed by atoms with Crippen LogP contribution in [0.2, 0.25) is 10.0 Å². The van der Waals surface area contributed by atoms with Crippen LogP contribution < -0.4 is 0 Å². The number of rotatable bonds is 3. The topological polar surface area (TPSA) is 29.4 Å². The van der Waals surface area contributed by atoms with Crippen LogP contribution in [0.4, 0.5) is 0 Å². The van der Waals surface area contributed by atoms with E-state index in [1.165, 1.54) is 0 Å². The Morgan fingerprint density at radius 3 is 2.59 bits per heavy atom. The zero-order chi connectivity index (χ0) is 12.3. The average Bonchev–Trinajstić information content (AvgIpc) is 2.76. The summed E-state index contributed by atoms with van der Waals surface area (Å²) in [5.74, 6) is 0. The first kappa shape index (κ1) is 12.6. The maximum atomic E-state index is 10.3. The summed E-state index contributed by atoms with van der Waals surface area (Å²) in [6, 6.07) is 5.55. The Balaban J connectivity index is 2.41. The molecule has 1 fully saturated rings. The second kappa shape index (κ2) is 5.22. The van der Waals surface area contributed by atoms with E-state index in [2.05, 4.69) is 4.99 Å². The van der Waals surface area contributed by atoms with Crippen LogP contribution in [0.15, 0.2) is 23.2 Å². The molecular formula is C13H13Cl2NO. The van der Waals surface area contributed by atoms with E-state index in [4.69, 9.17) is 23.2 Å². The molecule has 0 unspecified atom stereocenters. The van der Waals surface area contributed by atoms with Crippen molar-refractivity contribution in [3.63, 3.8) is 0 Å². The van der Waals surface area contributed by atoms with Gasteiger partial charge in [-0.3, -0.25) is 0 Å². The third-order valence-electron chi connectivity index (χ3n) is 3.51. The van der Waals surface area contributed by atoms with Crippen LogP contribution in [-0.2, 0) is 10.2 Å². The highest BCUT2D eigenvalue weighted by Crippen LogP contribution is 2.44. The van der Waals surface area contributed by atoms with Gasteiger partial charge in [-0.1, -0.05) is 42.1 Å². The molecule has 2 nitrogen and oxygen atoms in total. The maximum absolute atomic E-state index is 10.3. The van der Waals surface area contributed by atoms with Gasteiger partial charge in [0.25, 0.3) is 0 Å². The minimum Gasteiger partial charge on any atom is -0.211 e. The molecule has 0 N–H and O–H groups in total. The Kier molecular flexibility index (Phi) is 3.88. The van der Waals surface area contributed by atoms with Crippen molar-refractivity contribution >= 4 is 29.3 Å². The minimum atomic E-state index is -0.0981. The Morgan fingerprint density at radius 1 is 1.29 bits per heavy atom. The summed E-state index contributed by atoms with van der Waals surface area (Å²) in [6.07, 6.45) is 5.94. The predicted octanol–water partition coefficient (Wildman–Crippen LogP) is 4.14. The SMILES string of the molecule is O=C=NCC1(c2ccc(Cl)cc2Cl)CCCC1. The van der Waals surface area contributed by atoms with Gasteiger partial charge in [-0.25, -0.2) is 9.79 Å². The lowest BCUT2D eigenvalue weighted by Crippen LogP contribution is -2.26. The number of halogens is 2. The molecule has 17 heavy (non-hydrogen) atoms. The Hall–Kier alpha value is -0.820.